The standard InChI is InChI=1S/C23H27F2N3O2S/c1-2-3-9-29-12-17-11-16-13-31-22(26)28-23(16,14-30-17)19-10-15(6-7-20(19)24)18-5-4-8-27-21(18)25/h4-8,10,16-17H,2-3,9,11-14H2,1H3,(H2,26,28)/t16-,17+,23-/m0/s1. The van der Waals surface area contributed by atoms with Gasteiger partial charge in [-0.15, -0.1) is 0 Å². The van der Waals surface area contributed by atoms with Crippen LogP contribution in [0.1, 0.15) is 31.7 Å². The normalized spacial score (nSPS) is 25.7. The number of benzene rings is 1. The fourth-order valence-corrected chi connectivity index (χ4v) is 5.26. The highest BCUT2D eigenvalue weighted by molar-refractivity contribution is 8.13. The molecule has 2 aromatic rings. The van der Waals surface area contributed by atoms with Crippen molar-refractivity contribution in [3.8, 4) is 11.1 Å². The molecule has 2 N–H and O–H groups in total. The van der Waals surface area contributed by atoms with Crippen LogP contribution in [0, 0.1) is 17.7 Å². The average molecular weight is 448 g/mol. The van der Waals surface area contributed by atoms with Crippen molar-refractivity contribution < 1.29 is 18.3 Å². The molecule has 1 aromatic carbocycles. The van der Waals surface area contributed by atoms with Gasteiger partial charge in [0.2, 0.25) is 5.95 Å². The largest absolute Gasteiger partial charge is 0.379 e. The first kappa shape index (κ1) is 22.2. The van der Waals surface area contributed by atoms with Gasteiger partial charge in [-0.25, -0.2) is 14.4 Å². The predicted octanol–water partition coefficient (Wildman–Crippen LogP) is 4.51. The molecule has 2 aliphatic rings. The molecule has 31 heavy (non-hydrogen) atoms. The van der Waals surface area contributed by atoms with Crippen LogP contribution in [0.4, 0.5) is 8.78 Å². The highest BCUT2D eigenvalue weighted by atomic mass is 32.2. The maximum atomic E-state index is 15.1. The first-order valence-corrected chi connectivity index (χ1v) is 11.6. The molecule has 1 saturated heterocycles. The minimum atomic E-state index is -0.936. The molecule has 0 radical (unpaired) electrons. The third-order valence-corrected chi connectivity index (χ3v) is 6.91. The topological polar surface area (TPSA) is 69.7 Å². The van der Waals surface area contributed by atoms with Crippen LogP contribution in [0.25, 0.3) is 11.1 Å². The Kier molecular flexibility index (Phi) is 6.89. The van der Waals surface area contributed by atoms with Crippen LogP contribution in [-0.4, -0.2) is 41.8 Å². The number of rotatable bonds is 7. The van der Waals surface area contributed by atoms with Gasteiger partial charge in [-0.1, -0.05) is 31.2 Å². The van der Waals surface area contributed by atoms with Gasteiger partial charge in [-0.3, -0.25) is 0 Å². The first-order chi connectivity index (χ1) is 15.0. The third-order valence-electron chi connectivity index (χ3n) is 5.95. The number of fused-ring (bicyclic) bond motifs is 1. The summed E-state index contributed by atoms with van der Waals surface area (Å²) in [6, 6.07) is 7.86. The van der Waals surface area contributed by atoms with Gasteiger partial charge in [-0.2, -0.15) is 4.39 Å². The number of aliphatic imine (C=N–C) groups is 1. The number of nitrogens with zero attached hydrogens (tertiary/aromatic N) is 2. The fraction of sp³-hybridized carbons (Fsp3) is 0.478. The number of halogens is 2. The van der Waals surface area contributed by atoms with Crippen molar-refractivity contribution in [1.82, 2.24) is 4.98 Å². The van der Waals surface area contributed by atoms with Crippen molar-refractivity contribution in [2.24, 2.45) is 16.6 Å². The molecule has 0 amide bonds. The molecule has 0 aliphatic carbocycles. The number of pyridine rings is 1. The smallest absolute Gasteiger partial charge is 0.220 e. The Bertz CT molecular complexity index is 958. The highest BCUT2D eigenvalue weighted by Gasteiger charge is 2.49. The molecular weight excluding hydrogens is 420 g/mol. The second-order valence-corrected chi connectivity index (χ2v) is 9.06. The molecule has 3 heterocycles. The van der Waals surface area contributed by atoms with Crippen LogP contribution in [-0.2, 0) is 15.0 Å². The fourth-order valence-electron chi connectivity index (χ4n) is 4.25. The Hall–Kier alpha value is -2.03. The molecule has 8 heteroatoms. The summed E-state index contributed by atoms with van der Waals surface area (Å²) in [6.45, 7) is 3.55. The second-order valence-electron chi connectivity index (χ2n) is 8.02. The molecule has 3 atom stereocenters. The summed E-state index contributed by atoms with van der Waals surface area (Å²) in [6.07, 6.45) is 4.11. The first-order valence-electron chi connectivity index (χ1n) is 10.6. The summed E-state index contributed by atoms with van der Waals surface area (Å²) in [4.78, 5) is 8.42. The zero-order valence-electron chi connectivity index (χ0n) is 17.5. The van der Waals surface area contributed by atoms with Gasteiger partial charge in [0.15, 0.2) is 5.17 Å². The number of nitrogens with two attached hydrogens (primary N) is 1. The lowest BCUT2D eigenvalue weighted by atomic mass is 9.74. The van der Waals surface area contributed by atoms with Crippen molar-refractivity contribution >= 4 is 16.9 Å². The third kappa shape index (κ3) is 4.61. The monoisotopic (exact) mass is 447 g/mol. The van der Waals surface area contributed by atoms with E-state index in [-0.39, 0.29) is 18.6 Å². The van der Waals surface area contributed by atoms with Crippen molar-refractivity contribution in [1.29, 1.82) is 0 Å². The molecular formula is C23H27F2N3O2S. The lowest BCUT2D eigenvalue weighted by Gasteiger charge is -2.46. The summed E-state index contributed by atoms with van der Waals surface area (Å²) in [7, 11) is 0. The molecule has 166 valence electrons. The van der Waals surface area contributed by atoms with Crippen LogP contribution in [0.5, 0.6) is 0 Å². The van der Waals surface area contributed by atoms with E-state index in [4.69, 9.17) is 20.2 Å². The van der Waals surface area contributed by atoms with Crippen LogP contribution in [0.2, 0.25) is 0 Å². The van der Waals surface area contributed by atoms with Crippen molar-refractivity contribution in [3.05, 3.63) is 53.9 Å². The summed E-state index contributed by atoms with van der Waals surface area (Å²) < 4.78 is 41.3. The van der Waals surface area contributed by atoms with Gasteiger partial charge in [-0.05, 0) is 42.7 Å². The number of hydrogen-bond donors (Lipinski definition) is 1. The van der Waals surface area contributed by atoms with E-state index in [2.05, 4.69) is 11.9 Å². The number of hydrogen-bond acceptors (Lipinski definition) is 6. The molecule has 0 bridgehead atoms. The quantitative estimate of drug-likeness (QED) is 0.500. The zero-order valence-corrected chi connectivity index (χ0v) is 18.3. The number of aromatic nitrogens is 1. The van der Waals surface area contributed by atoms with Gasteiger partial charge >= 0.3 is 0 Å². The highest BCUT2D eigenvalue weighted by Crippen LogP contribution is 2.47. The average Bonchev–Trinajstić information content (AvgIpc) is 2.77. The van der Waals surface area contributed by atoms with Crippen LogP contribution in [0.15, 0.2) is 41.5 Å². The zero-order chi connectivity index (χ0) is 21.8. The van der Waals surface area contributed by atoms with Gasteiger partial charge < -0.3 is 15.2 Å². The van der Waals surface area contributed by atoms with Crippen LogP contribution < -0.4 is 5.73 Å². The Labute approximate surface area is 185 Å². The van der Waals surface area contributed by atoms with E-state index >= 15 is 4.39 Å². The molecule has 2 aliphatic heterocycles. The van der Waals surface area contributed by atoms with E-state index in [0.29, 0.717) is 41.5 Å². The van der Waals surface area contributed by atoms with E-state index < -0.39 is 17.3 Å². The minimum absolute atomic E-state index is 0.0295. The molecule has 4 rings (SSSR count). The van der Waals surface area contributed by atoms with E-state index in [1.54, 1.807) is 24.3 Å². The van der Waals surface area contributed by atoms with E-state index in [1.807, 2.05) is 0 Å². The molecule has 1 aromatic heterocycles. The van der Waals surface area contributed by atoms with Crippen molar-refractivity contribution in [2.75, 3.05) is 25.6 Å². The Morgan fingerprint density at radius 3 is 3.00 bits per heavy atom. The van der Waals surface area contributed by atoms with E-state index in [9.17, 15) is 4.39 Å². The van der Waals surface area contributed by atoms with Crippen LogP contribution >= 0.6 is 11.8 Å². The SMILES string of the molecule is CCCCOC[C@H]1C[C@H]2CSC(N)=N[C@@]2(c2cc(-c3cccnc3F)ccc2F)CO1. The Morgan fingerprint density at radius 2 is 2.19 bits per heavy atom. The summed E-state index contributed by atoms with van der Waals surface area (Å²) in [5, 5.41) is 0.412. The van der Waals surface area contributed by atoms with Crippen molar-refractivity contribution in [3.63, 3.8) is 0 Å². The number of thioether (sulfide) groups is 1. The maximum Gasteiger partial charge on any atom is 0.220 e. The van der Waals surface area contributed by atoms with E-state index in [1.165, 1.54) is 24.0 Å². The number of amidine groups is 1. The van der Waals surface area contributed by atoms with Gasteiger partial charge in [0.1, 0.15) is 11.4 Å². The maximum absolute atomic E-state index is 15.1. The lowest BCUT2D eigenvalue weighted by molar-refractivity contribution is -0.0903. The van der Waals surface area contributed by atoms with Gasteiger partial charge in [0.05, 0.1) is 19.3 Å². The molecule has 0 saturated carbocycles. The number of ether oxygens (including phenoxy) is 2. The summed E-state index contributed by atoms with van der Waals surface area (Å²) >= 11 is 1.48. The molecule has 1 fully saturated rings. The lowest BCUT2D eigenvalue weighted by Crippen LogP contribution is -2.51. The molecule has 0 spiro atoms. The Morgan fingerprint density at radius 1 is 1.32 bits per heavy atom. The van der Waals surface area contributed by atoms with Gasteiger partial charge in [0, 0.05) is 35.6 Å². The van der Waals surface area contributed by atoms with Crippen LogP contribution in [0.3, 0.4) is 0 Å². The molecule has 5 nitrogen and oxygen atoms in total. The second kappa shape index (κ2) is 9.63. The summed E-state index contributed by atoms with van der Waals surface area (Å²) in [5.41, 5.74) is 6.39. The predicted molar refractivity (Wildman–Crippen MR) is 119 cm³/mol. The van der Waals surface area contributed by atoms with Crippen molar-refractivity contribution in [2.45, 2.75) is 37.8 Å². The minimum Gasteiger partial charge on any atom is -0.379 e. The summed E-state index contributed by atoms with van der Waals surface area (Å²) in [5.74, 6) is -0.250. The van der Waals surface area contributed by atoms with E-state index in [0.717, 1.165) is 18.6 Å². The Balaban J connectivity index is 1.66. The van der Waals surface area contributed by atoms with Gasteiger partial charge in [0.25, 0.3) is 0 Å². The number of unbranched alkanes of at least 4 members (excludes halogenated alkanes) is 1. The molecule has 0 unspecified atom stereocenters.